The molecule has 4 rings (SSSR count). The third-order valence-electron chi connectivity index (χ3n) is 3.98. The van der Waals surface area contributed by atoms with Crippen molar-refractivity contribution in [3.63, 3.8) is 0 Å². The van der Waals surface area contributed by atoms with Crippen LogP contribution in [0.4, 0.5) is 0 Å². The molecule has 0 aromatic heterocycles. The Hall–Kier alpha value is -2.78. The molecule has 3 aromatic rings. The lowest BCUT2D eigenvalue weighted by Crippen LogP contribution is -2.30. The molecule has 1 atom stereocenters. The maximum absolute atomic E-state index is 9.59. The van der Waals surface area contributed by atoms with Gasteiger partial charge in [0.1, 0.15) is 6.23 Å². The van der Waals surface area contributed by atoms with E-state index in [1.807, 2.05) is 31.2 Å². The van der Waals surface area contributed by atoms with Crippen molar-refractivity contribution in [2.75, 3.05) is 0 Å². The molecular formula is C22H23NO2. The summed E-state index contributed by atoms with van der Waals surface area (Å²) in [4.78, 5) is 0. The molecule has 3 aromatic carbocycles. The molecule has 0 saturated heterocycles. The fraction of sp³-hybridized carbons (Fsp3) is 0.182. The Morgan fingerprint density at radius 3 is 2.12 bits per heavy atom. The second kappa shape index (κ2) is 8.36. The molecule has 0 amide bonds. The van der Waals surface area contributed by atoms with Crippen molar-refractivity contribution in [3.05, 3.63) is 95.6 Å². The van der Waals surface area contributed by atoms with Crippen LogP contribution in [0, 0.1) is 0 Å². The number of aromatic hydroxyl groups is 1. The maximum atomic E-state index is 9.59. The molecule has 0 heterocycles. The fourth-order valence-electron chi connectivity index (χ4n) is 2.48. The van der Waals surface area contributed by atoms with Gasteiger partial charge in [-0.25, -0.2) is 0 Å². The first-order chi connectivity index (χ1) is 12.2. The van der Waals surface area contributed by atoms with Gasteiger partial charge in [0.15, 0.2) is 11.5 Å². The van der Waals surface area contributed by atoms with Gasteiger partial charge < -0.3 is 9.84 Å². The molecule has 3 nitrogen and oxygen atoms in total. The van der Waals surface area contributed by atoms with Gasteiger partial charge in [-0.3, -0.25) is 5.32 Å². The van der Waals surface area contributed by atoms with Gasteiger partial charge in [-0.15, -0.1) is 0 Å². The number of rotatable bonds is 5. The van der Waals surface area contributed by atoms with E-state index in [0.717, 1.165) is 6.54 Å². The molecule has 1 aliphatic carbocycles. The van der Waals surface area contributed by atoms with E-state index in [-0.39, 0.29) is 12.0 Å². The number of hydrogen-bond acceptors (Lipinski definition) is 3. The number of fused-ring (bicyclic) bond motifs is 1. The fourth-order valence-corrected chi connectivity index (χ4v) is 2.48. The molecule has 0 spiro atoms. The van der Waals surface area contributed by atoms with Gasteiger partial charge in [0.05, 0.1) is 0 Å². The normalized spacial score (nSPS) is 12.4. The third kappa shape index (κ3) is 5.37. The van der Waals surface area contributed by atoms with E-state index in [1.54, 1.807) is 18.2 Å². The minimum atomic E-state index is -0.168. The highest BCUT2D eigenvalue weighted by molar-refractivity contribution is 5.44. The molecular weight excluding hydrogens is 310 g/mol. The van der Waals surface area contributed by atoms with Gasteiger partial charge in [0.25, 0.3) is 0 Å². The quantitative estimate of drug-likeness (QED) is 0.529. The third-order valence-corrected chi connectivity index (χ3v) is 3.98. The summed E-state index contributed by atoms with van der Waals surface area (Å²) in [6.45, 7) is 2.64. The topological polar surface area (TPSA) is 41.5 Å². The van der Waals surface area contributed by atoms with E-state index < -0.39 is 0 Å². The van der Waals surface area contributed by atoms with Gasteiger partial charge in [-0.1, -0.05) is 66.7 Å². The number of benzene rings is 3. The summed E-state index contributed by atoms with van der Waals surface area (Å²) in [6, 6.07) is 25.6. The van der Waals surface area contributed by atoms with Crippen molar-refractivity contribution in [2.45, 2.75) is 26.1 Å². The first-order valence-electron chi connectivity index (χ1n) is 8.51. The van der Waals surface area contributed by atoms with Crippen LogP contribution in [0.3, 0.4) is 0 Å². The standard InChI is InChI=1S/C15H17NO2.C7H6/c1-12(16-11-13-7-3-2-4-8-13)18-15-10-6-5-9-14(15)17;1-2-4-7-5-6(7)3-1/h2-10,12,16-17H,11H2,1H3;1-4H,5H2. The Balaban J connectivity index is 0.000000213. The van der Waals surface area contributed by atoms with Crippen LogP contribution in [0.15, 0.2) is 78.9 Å². The Morgan fingerprint density at radius 1 is 0.880 bits per heavy atom. The largest absolute Gasteiger partial charge is 0.504 e. The number of phenols is 1. The molecule has 1 aliphatic rings. The molecule has 128 valence electrons. The van der Waals surface area contributed by atoms with E-state index in [9.17, 15) is 5.11 Å². The molecule has 1 unspecified atom stereocenters. The lowest BCUT2D eigenvalue weighted by Gasteiger charge is -2.17. The number of nitrogens with one attached hydrogen (secondary N) is 1. The van der Waals surface area contributed by atoms with Crippen molar-refractivity contribution >= 4 is 0 Å². The molecule has 0 bridgehead atoms. The van der Waals surface area contributed by atoms with Gasteiger partial charge in [0.2, 0.25) is 0 Å². The van der Waals surface area contributed by atoms with E-state index in [1.165, 1.54) is 23.1 Å². The van der Waals surface area contributed by atoms with E-state index in [2.05, 4.69) is 41.7 Å². The number of ether oxygens (including phenoxy) is 1. The summed E-state index contributed by atoms with van der Waals surface area (Å²) < 4.78 is 5.61. The van der Waals surface area contributed by atoms with Crippen molar-refractivity contribution in [2.24, 2.45) is 0 Å². The van der Waals surface area contributed by atoms with E-state index >= 15 is 0 Å². The van der Waals surface area contributed by atoms with Crippen LogP contribution >= 0.6 is 0 Å². The Morgan fingerprint density at radius 2 is 1.48 bits per heavy atom. The summed E-state index contributed by atoms with van der Waals surface area (Å²) >= 11 is 0. The summed E-state index contributed by atoms with van der Waals surface area (Å²) in [5, 5.41) is 12.8. The predicted molar refractivity (Wildman–Crippen MR) is 101 cm³/mol. The van der Waals surface area contributed by atoms with Gasteiger partial charge >= 0.3 is 0 Å². The van der Waals surface area contributed by atoms with Crippen LogP contribution in [0.5, 0.6) is 11.5 Å². The molecule has 3 heteroatoms. The summed E-state index contributed by atoms with van der Waals surface area (Å²) in [5.74, 6) is 0.649. The summed E-state index contributed by atoms with van der Waals surface area (Å²) in [5.41, 5.74) is 4.26. The van der Waals surface area contributed by atoms with Crippen LogP contribution in [0.2, 0.25) is 0 Å². The first kappa shape index (κ1) is 17.1. The summed E-state index contributed by atoms with van der Waals surface area (Å²) in [6.07, 6.45) is 1.08. The van der Waals surface area contributed by atoms with Crippen LogP contribution < -0.4 is 10.1 Å². The van der Waals surface area contributed by atoms with E-state index in [4.69, 9.17) is 4.74 Å². The lowest BCUT2D eigenvalue weighted by atomic mass is 10.2. The van der Waals surface area contributed by atoms with Crippen LogP contribution in [-0.2, 0) is 13.0 Å². The number of phenolic OH excluding ortho intramolecular Hbond substituents is 1. The SMILES string of the molecule is CC(NCc1ccccc1)Oc1ccccc1O.c1ccc2c(c1)C2. The second-order valence-corrected chi connectivity index (χ2v) is 6.04. The average Bonchev–Trinajstić information content (AvgIpc) is 3.43. The molecule has 0 saturated carbocycles. The average molecular weight is 333 g/mol. The zero-order chi connectivity index (χ0) is 17.5. The first-order valence-corrected chi connectivity index (χ1v) is 8.51. The number of hydrogen-bond donors (Lipinski definition) is 2. The Labute approximate surface area is 148 Å². The van der Waals surface area contributed by atoms with Crippen molar-refractivity contribution in [1.29, 1.82) is 0 Å². The minimum Gasteiger partial charge on any atom is -0.504 e. The molecule has 0 fully saturated rings. The zero-order valence-corrected chi connectivity index (χ0v) is 14.4. The molecule has 2 N–H and O–H groups in total. The van der Waals surface area contributed by atoms with Gasteiger partial charge in [-0.05, 0) is 42.2 Å². The highest BCUT2D eigenvalue weighted by Crippen LogP contribution is 2.26. The Bertz CT molecular complexity index is 781. The van der Waals surface area contributed by atoms with E-state index in [0.29, 0.717) is 5.75 Å². The van der Waals surface area contributed by atoms with Crippen molar-refractivity contribution in [3.8, 4) is 11.5 Å². The van der Waals surface area contributed by atoms with Crippen LogP contribution in [0.1, 0.15) is 23.6 Å². The lowest BCUT2D eigenvalue weighted by molar-refractivity contribution is 0.174. The maximum Gasteiger partial charge on any atom is 0.163 e. The molecule has 25 heavy (non-hydrogen) atoms. The molecule has 0 radical (unpaired) electrons. The van der Waals surface area contributed by atoms with Gasteiger partial charge in [-0.2, -0.15) is 0 Å². The van der Waals surface area contributed by atoms with Gasteiger partial charge in [0, 0.05) is 6.54 Å². The van der Waals surface area contributed by atoms with Crippen LogP contribution in [-0.4, -0.2) is 11.3 Å². The highest BCUT2D eigenvalue weighted by Gasteiger charge is 2.12. The predicted octanol–water partition coefficient (Wildman–Crippen LogP) is 4.50. The number of para-hydroxylation sites is 2. The smallest absolute Gasteiger partial charge is 0.163 e. The zero-order valence-electron chi connectivity index (χ0n) is 14.4. The second-order valence-electron chi connectivity index (χ2n) is 6.04. The van der Waals surface area contributed by atoms with Crippen molar-refractivity contribution < 1.29 is 9.84 Å². The minimum absolute atomic E-state index is 0.158. The monoisotopic (exact) mass is 333 g/mol. The highest BCUT2D eigenvalue weighted by atomic mass is 16.5. The van der Waals surface area contributed by atoms with Crippen molar-refractivity contribution in [1.82, 2.24) is 5.32 Å². The van der Waals surface area contributed by atoms with Crippen LogP contribution in [0.25, 0.3) is 0 Å². The Kier molecular flexibility index (Phi) is 5.70. The summed E-state index contributed by atoms with van der Waals surface area (Å²) in [7, 11) is 0. The molecule has 0 aliphatic heterocycles.